The average Bonchev–Trinajstić information content (AvgIpc) is 3.05. The molecule has 0 saturated carbocycles. The minimum absolute atomic E-state index is 0.144. The van der Waals surface area contributed by atoms with Gasteiger partial charge in [-0.05, 0) is 25.0 Å². The van der Waals surface area contributed by atoms with Gasteiger partial charge in [0.15, 0.2) is 5.82 Å². The minimum atomic E-state index is -0.144. The highest BCUT2D eigenvalue weighted by Gasteiger charge is 2.19. The Hall–Kier alpha value is -1.88. The lowest BCUT2D eigenvalue weighted by molar-refractivity contribution is 0.0847. The van der Waals surface area contributed by atoms with Crippen molar-refractivity contribution < 1.29 is 9.53 Å². The first-order chi connectivity index (χ1) is 9.25. The van der Waals surface area contributed by atoms with Crippen LogP contribution in [0.25, 0.3) is 11.0 Å². The van der Waals surface area contributed by atoms with Crippen LogP contribution in [-0.2, 0) is 11.8 Å². The van der Waals surface area contributed by atoms with Crippen molar-refractivity contribution in [3.63, 3.8) is 0 Å². The molecule has 3 rings (SSSR count). The summed E-state index contributed by atoms with van der Waals surface area (Å²) in [5.74, 6) is 0.299. The summed E-state index contributed by atoms with van der Waals surface area (Å²) in [6.07, 6.45) is 2.24. The monoisotopic (exact) mass is 259 g/mol. The van der Waals surface area contributed by atoms with E-state index in [4.69, 9.17) is 4.74 Å². The molecular formula is C14H17N3O2. The molecule has 1 aromatic carbocycles. The second-order valence-corrected chi connectivity index (χ2v) is 4.83. The maximum Gasteiger partial charge on any atom is 0.287 e. The Morgan fingerprint density at radius 1 is 1.53 bits per heavy atom. The van der Waals surface area contributed by atoms with E-state index in [1.807, 2.05) is 35.9 Å². The highest BCUT2D eigenvalue weighted by atomic mass is 16.5. The summed E-state index contributed by atoms with van der Waals surface area (Å²) in [7, 11) is 1.86. The number of hydrogen-bond donors (Lipinski definition) is 1. The quantitative estimate of drug-likeness (QED) is 0.908. The van der Waals surface area contributed by atoms with Crippen LogP contribution in [0.5, 0.6) is 0 Å². The number of carbonyl (C=O) groups is 1. The van der Waals surface area contributed by atoms with Gasteiger partial charge in [0.25, 0.3) is 5.91 Å². The Bertz CT molecular complexity index is 600. The highest BCUT2D eigenvalue weighted by molar-refractivity contribution is 5.94. The van der Waals surface area contributed by atoms with Gasteiger partial charge in [0, 0.05) is 20.2 Å². The number of nitrogens with one attached hydrogen (secondary N) is 1. The number of para-hydroxylation sites is 2. The molecule has 100 valence electrons. The Labute approximate surface area is 111 Å². The number of aryl methyl sites for hydroxylation is 1. The molecule has 19 heavy (non-hydrogen) atoms. The normalized spacial score (nSPS) is 18.9. The molecule has 1 saturated heterocycles. The highest BCUT2D eigenvalue weighted by Crippen LogP contribution is 2.14. The number of aromatic nitrogens is 2. The summed E-state index contributed by atoms with van der Waals surface area (Å²) < 4.78 is 7.31. The van der Waals surface area contributed by atoms with Crippen molar-refractivity contribution >= 4 is 16.9 Å². The minimum Gasteiger partial charge on any atom is -0.376 e. The zero-order chi connectivity index (χ0) is 13.2. The first-order valence-corrected chi connectivity index (χ1v) is 6.57. The molecule has 0 spiro atoms. The van der Waals surface area contributed by atoms with Gasteiger partial charge in [-0.2, -0.15) is 0 Å². The van der Waals surface area contributed by atoms with Crippen LogP contribution in [0.3, 0.4) is 0 Å². The van der Waals surface area contributed by atoms with E-state index in [2.05, 4.69) is 10.3 Å². The first kappa shape index (κ1) is 12.2. The Balaban J connectivity index is 1.75. The van der Waals surface area contributed by atoms with E-state index in [1.165, 1.54) is 0 Å². The van der Waals surface area contributed by atoms with Crippen molar-refractivity contribution in [2.24, 2.45) is 7.05 Å². The fourth-order valence-electron chi connectivity index (χ4n) is 2.44. The summed E-state index contributed by atoms with van der Waals surface area (Å²) in [5.41, 5.74) is 1.80. The molecule has 1 amide bonds. The van der Waals surface area contributed by atoms with Gasteiger partial charge < -0.3 is 14.6 Å². The predicted molar refractivity (Wildman–Crippen MR) is 72.0 cm³/mol. The molecule has 5 heteroatoms. The molecule has 1 aliphatic heterocycles. The third kappa shape index (κ3) is 2.33. The zero-order valence-electron chi connectivity index (χ0n) is 10.9. The average molecular weight is 259 g/mol. The van der Waals surface area contributed by atoms with E-state index in [0.29, 0.717) is 12.4 Å². The number of imidazole rings is 1. The van der Waals surface area contributed by atoms with E-state index in [-0.39, 0.29) is 12.0 Å². The van der Waals surface area contributed by atoms with E-state index < -0.39 is 0 Å². The third-order valence-electron chi connectivity index (χ3n) is 3.50. The smallest absolute Gasteiger partial charge is 0.287 e. The van der Waals surface area contributed by atoms with Crippen LogP contribution < -0.4 is 5.32 Å². The maximum atomic E-state index is 12.1. The van der Waals surface area contributed by atoms with Crippen LogP contribution in [0.15, 0.2) is 24.3 Å². The zero-order valence-corrected chi connectivity index (χ0v) is 10.9. The third-order valence-corrected chi connectivity index (χ3v) is 3.50. The van der Waals surface area contributed by atoms with Gasteiger partial charge in [-0.25, -0.2) is 4.98 Å². The number of fused-ring (bicyclic) bond motifs is 1. The van der Waals surface area contributed by atoms with Gasteiger partial charge in [-0.1, -0.05) is 12.1 Å². The number of carbonyl (C=O) groups excluding carboxylic acids is 1. The fourth-order valence-corrected chi connectivity index (χ4v) is 2.44. The molecule has 1 atom stereocenters. The van der Waals surface area contributed by atoms with E-state index >= 15 is 0 Å². The second-order valence-electron chi connectivity index (χ2n) is 4.83. The molecule has 5 nitrogen and oxygen atoms in total. The van der Waals surface area contributed by atoms with E-state index in [1.54, 1.807) is 0 Å². The summed E-state index contributed by atoms with van der Waals surface area (Å²) in [5, 5.41) is 2.90. The SMILES string of the molecule is Cn1c(C(=O)NCC2CCCO2)nc2ccccc21. The molecular weight excluding hydrogens is 242 g/mol. The van der Waals surface area contributed by atoms with Crippen LogP contribution in [0.2, 0.25) is 0 Å². The molecule has 1 aromatic heterocycles. The Morgan fingerprint density at radius 2 is 2.37 bits per heavy atom. The van der Waals surface area contributed by atoms with Crippen LogP contribution in [0.1, 0.15) is 23.5 Å². The summed E-state index contributed by atoms with van der Waals surface area (Å²) in [6.45, 7) is 1.36. The molecule has 0 aliphatic carbocycles. The second kappa shape index (κ2) is 5.01. The molecule has 2 aromatic rings. The molecule has 0 bridgehead atoms. The number of hydrogen-bond acceptors (Lipinski definition) is 3. The molecule has 1 unspecified atom stereocenters. The molecule has 1 N–H and O–H groups in total. The number of nitrogens with zero attached hydrogens (tertiary/aromatic N) is 2. The lowest BCUT2D eigenvalue weighted by atomic mass is 10.2. The topological polar surface area (TPSA) is 56.2 Å². The number of benzene rings is 1. The van der Waals surface area contributed by atoms with Crippen LogP contribution in [0, 0.1) is 0 Å². The Morgan fingerprint density at radius 3 is 3.11 bits per heavy atom. The van der Waals surface area contributed by atoms with Gasteiger partial charge in [0.1, 0.15) is 0 Å². The summed E-state index contributed by atoms with van der Waals surface area (Å²) >= 11 is 0. The number of ether oxygens (including phenoxy) is 1. The van der Waals surface area contributed by atoms with E-state index in [0.717, 1.165) is 30.5 Å². The van der Waals surface area contributed by atoms with Crippen molar-refractivity contribution in [2.45, 2.75) is 18.9 Å². The van der Waals surface area contributed by atoms with Crippen molar-refractivity contribution in [1.29, 1.82) is 0 Å². The van der Waals surface area contributed by atoms with Gasteiger partial charge in [-0.3, -0.25) is 4.79 Å². The lowest BCUT2D eigenvalue weighted by Crippen LogP contribution is -2.33. The molecule has 1 fully saturated rings. The van der Waals surface area contributed by atoms with Gasteiger partial charge in [0.05, 0.1) is 17.1 Å². The van der Waals surface area contributed by atoms with Gasteiger partial charge in [0.2, 0.25) is 0 Å². The molecule has 2 heterocycles. The van der Waals surface area contributed by atoms with Crippen LogP contribution in [-0.4, -0.2) is 34.7 Å². The molecule has 1 aliphatic rings. The number of rotatable bonds is 3. The van der Waals surface area contributed by atoms with E-state index in [9.17, 15) is 4.79 Å². The van der Waals surface area contributed by atoms with Crippen LogP contribution >= 0.6 is 0 Å². The Kier molecular flexibility index (Phi) is 3.21. The maximum absolute atomic E-state index is 12.1. The largest absolute Gasteiger partial charge is 0.376 e. The fraction of sp³-hybridized carbons (Fsp3) is 0.429. The molecule has 0 radical (unpaired) electrons. The van der Waals surface area contributed by atoms with Crippen molar-refractivity contribution in [1.82, 2.24) is 14.9 Å². The lowest BCUT2D eigenvalue weighted by Gasteiger charge is -2.10. The summed E-state index contributed by atoms with van der Waals surface area (Å²) in [6, 6.07) is 7.73. The predicted octanol–water partition coefficient (Wildman–Crippen LogP) is 1.48. The van der Waals surface area contributed by atoms with Crippen molar-refractivity contribution in [2.75, 3.05) is 13.2 Å². The van der Waals surface area contributed by atoms with Gasteiger partial charge in [-0.15, -0.1) is 0 Å². The standard InChI is InChI=1S/C14H17N3O2/c1-17-12-7-3-2-6-11(12)16-13(17)14(18)15-9-10-5-4-8-19-10/h2-3,6-7,10H,4-5,8-9H2,1H3,(H,15,18). The van der Waals surface area contributed by atoms with Crippen molar-refractivity contribution in [3.8, 4) is 0 Å². The first-order valence-electron chi connectivity index (χ1n) is 6.57. The summed E-state index contributed by atoms with van der Waals surface area (Å²) in [4.78, 5) is 16.5. The van der Waals surface area contributed by atoms with Gasteiger partial charge >= 0.3 is 0 Å². The number of amides is 1. The van der Waals surface area contributed by atoms with Crippen LogP contribution in [0.4, 0.5) is 0 Å². The van der Waals surface area contributed by atoms with Crippen molar-refractivity contribution in [3.05, 3.63) is 30.1 Å².